The molecule has 0 saturated carbocycles. The molecule has 0 bridgehead atoms. The van der Waals surface area contributed by atoms with E-state index in [9.17, 15) is 22.0 Å². The van der Waals surface area contributed by atoms with Crippen LogP contribution in [-0.2, 0) is 10.0 Å². The molecule has 30 heavy (non-hydrogen) atoms. The summed E-state index contributed by atoms with van der Waals surface area (Å²) in [4.78, 5) is 16.5. The zero-order valence-corrected chi connectivity index (χ0v) is 17.3. The third-order valence-corrected chi connectivity index (χ3v) is 6.21. The fourth-order valence-corrected chi connectivity index (χ4v) is 4.40. The van der Waals surface area contributed by atoms with Crippen molar-refractivity contribution in [3.63, 3.8) is 0 Å². The molecule has 0 atom stereocenters. The first kappa shape index (κ1) is 21.7. The van der Waals surface area contributed by atoms with Crippen LogP contribution in [0.3, 0.4) is 0 Å². The number of halogens is 2. The van der Waals surface area contributed by atoms with Gasteiger partial charge in [0, 0.05) is 22.5 Å². The number of rotatable bonds is 7. The van der Waals surface area contributed by atoms with Crippen molar-refractivity contribution in [1.29, 1.82) is 0 Å². The van der Waals surface area contributed by atoms with Gasteiger partial charge in [0.05, 0.1) is 4.90 Å². The maximum Gasteiger partial charge on any atom is 0.288 e. The van der Waals surface area contributed by atoms with Gasteiger partial charge in [0.1, 0.15) is 5.69 Å². The third-order valence-electron chi connectivity index (χ3n) is 3.96. The summed E-state index contributed by atoms with van der Waals surface area (Å²) >= 11 is 0.374. The number of nitrogens with one attached hydrogen (secondary N) is 2. The SMILES string of the molecule is Cc1ccc(NC(=O)c2ccccn2)cc1S(=O)(=O)Nc1ccc(SC(F)F)cc1. The van der Waals surface area contributed by atoms with Crippen LogP contribution >= 0.6 is 11.8 Å². The molecule has 0 aliphatic rings. The summed E-state index contributed by atoms with van der Waals surface area (Å²) in [6.07, 6.45) is 1.48. The molecule has 2 aromatic carbocycles. The number of benzene rings is 2. The first-order valence-corrected chi connectivity index (χ1v) is 11.0. The summed E-state index contributed by atoms with van der Waals surface area (Å²) in [7, 11) is -3.97. The van der Waals surface area contributed by atoms with Crippen molar-refractivity contribution in [2.24, 2.45) is 0 Å². The topological polar surface area (TPSA) is 88.2 Å². The van der Waals surface area contributed by atoms with Gasteiger partial charge in [0.25, 0.3) is 21.7 Å². The van der Waals surface area contributed by atoms with E-state index in [1.54, 1.807) is 37.3 Å². The Hall–Kier alpha value is -2.98. The molecule has 2 N–H and O–H groups in total. The van der Waals surface area contributed by atoms with Crippen molar-refractivity contribution < 1.29 is 22.0 Å². The van der Waals surface area contributed by atoms with Gasteiger partial charge in [-0.15, -0.1) is 0 Å². The van der Waals surface area contributed by atoms with Gasteiger partial charge >= 0.3 is 0 Å². The number of aromatic nitrogens is 1. The number of hydrogen-bond donors (Lipinski definition) is 2. The van der Waals surface area contributed by atoms with Gasteiger partial charge in [-0.1, -0.05) is 23.9 Å². The lowest BCUT2D eigenvalue weighted by Gasteiger charge is -2.13. The lowest BCUT2D eigenvalue weighted by atomic mass is 10.2. The average Bonchev–Trinajstić information content (AvgIpc) is 2.71. The Labute approximate surface area is 176 Å². The highest BCUT2D eigenvalue weighted by Crippen LogP contribution is 2.28. The summed E-state index contributed by atoms with van der Waals surface area (Å²) in [6.45, 7) is 1.63. The number of carbonyl (C=O) groups excluding carboxylic acids is 1. The number of sulfonamides is 1. The van der Waals surface area contributed by atoms with E-state index in [4.69, 9.17) is 0 Å². The Kier molecular flexibility index (Phi) is 6.68. The van der Waals surface area contributed by atoms with E-state index in [1.807, 2.05) is 0 Å². The molecular formula is C20H17F2N3O3S2. The Morgan fingerprint density at radius 1 is 1.03 bits per heavy atom. The maximum absolute atomic E-state index is 12.8. The summed E-state index contributed by atoms with van der Waals surface area (Å²) in [5.41, 5.74) is 1.20. The number of alkyl halides is 2. The molecule has 1 heterocycles. The molecule has 0 aliphatic carbocycles. The van der Waals surface area contributed by atoms with Gasteiger partial charge in [-0.05, 0) is 61.0 Å². The zero-order valence-electron chi connectivity index (χ0n) is 15.7. The van der Waals surface area contributed by atoms with Gasteiger partial charge in [-0.25, -0.2) is 8.42 Å². The first-order valence-electron chi connectivity index (χ1n) is 8.65. The van der Waals surface area contributed by atoms with Crippen molar-refractivity contribution in [2.75, 3.05) is 10.0 Å². The number of amides is 1. The van der Waals surface area contributed by atoms with Crippen LogP contribution in [0.25, 0.3) is 0 Å². The minimum atomic E-state index is -3.97. The number of hydrogen-bond acceptors (Lipinski definition) is 5. The molecule has 156 valence electrons. The Bertz CT molecular complexity index is 1140. The Morgan fingerprint density at radius 2 is 1.73 bits per heavy atom. The van der Waals surface area contributed by atoms with E-state index < -0.39 is 21.7 Å². The number of nitrogens with zero attached hydrogens (tertiary/aromatic N) is 1. The molecule has 0 aliphatic heterocycles. The lowest BCUT2D eigenvalue weighted by molar-refractivity contribution is 0.102. The molecule has 10 heteroatoms. The van der Waals surface area contributed by atoms with Gasteiger partial charge in [-0.2, -0.15) is 8.78 Å². The Morgan fingerprint density at radius 3 is 2.37 bits per heavy atom. The molecule has 1 amide bonds. The van der Waals surface area contributed by atoms with E-state index in [0.29, 0.717) is 27.9 Å². The number of pyridine rings is 1. The number of aryl methyl sites for hydroxylation is 1. The molecule has 0 fully saturated rings. The van der Waals surface area contributed by atoms with Crippen LogP contribution in [0.4, 0.5) is 20.2 Å². The normalized spacial score (nSPS) is 11.3. The summed E-state index contributed by atoms with van der Waals surface area (Å²) in [5, 5.41) is 2.62. The lowest BCUT2D eigenvalue weighted by Crippen LogP contribution is -2.16. The molecule has 0 spiro atoms. The van der Waals surface area contributed by atoms with Crippen LogP contribution in [0.15, 0.2) is 76.7 Å². The molecule has 0 saturated heterocycles. The fourth-order valence-electron chi connectivity index (χ4n) is 2.57. The van der Waals surface area contributed by atoms with Crippen molar-refractivity contribution in [3.05, 3.63) is 78.1 Å². The maximum atomic E-state index is 12.8. The van der Waals surface area contributed by atoms with Gasteiger partial charge in [0.15, 0.2) is 0 Å². The quantitative estimate of drug-likeness (QED) is 0.508. The summed E-state index contributed by atoms with van der Waals surface area (Å²) in [6, 6.07) is 15.0. The van der Waals surface area contributed by atoms with E-state index in [0.717, 1.165) is 0 Å². The monoisotopic (exact) mass is 449 g/mol. The highest BCUT2D eigenvalue weighted by molar-refractivity contribution is 7.99. The van der Waals surface area contributed by atoms with E-state index in [2.05, 4.69) is 15.0 Å². The predicted molar refractivity (Wildman–Crippen MR) is 112 cm³/mol. The Balaban J connectivity index is 1.80. The highest BCUT2D eigenvalue weighted by Gasteiger charge is 2.19. The van der Waals surface area contributed by atoms with Crippen molar-refractivity contribution >= 4 is 39.1 Å². The number of carbonyl (C=O) groups is 1. The molecule has 3 rings (SSSR count). The van der Waals surface area contributed by atoms with Crippen LogP contribution in [-0.4, -0.2) is 25.1 Å². The summed E-state index contributed by atoms with van der Waals surface area (Å²) < 4.78 is 52.9. The van der Waals surface area contributed by atoms with E-state index >= 15 is 0 Å². The van der Waals surface area contributed by atoms with Crippen molar-refractivity contribution in [1.82, 2.24) is 4.98 Å². The average molecular weight is 450 g/mol. The molecule has 0 unspecified atom stereocenters. The largest absolute Gasteiger partial charge is 0.321 e. The van der Waals surface area contributed by atoms with E-state index in [-0.39, 0.29) is 16.3 Å². The van der Waals surface area contributed by atoms with Crippen LogP contribution in [0, 0.1) is 6.92 Å². The highest BCUT2D eigenvalue weighted by atomic mass is 32.2. The van der Waals surface area contributed by atoms with Gasteiger partial charge in [-0.3, -0.25) is 14.5 Å². The molecule has 6 nitrogen and oxygen atoms in total. The minimum absolute atomic E-state index is 0.0210. The minimum Gasteiger partial charge on any atom is -0.321 e. The van der Waals surface area contributed by atoms with Crippen LogP contribution in [0.5, 0.6) is 0 Å². The molecule has 3 aromatic rings. The number of thioether (sulfide) groups is 1. The first-order chi connectivity index (χ1) is 14.2. The van der Waals surface area contributed by atoms with Crippen LogP contribution in [0.2, 0.25) is 0 Å². The van der Waals surface area contributed by atoms with Gasteiger partial charge < -0.3 is 5.32 Å². The fraction of sp³-hybridized carbons (Fsp3) is 0.100. The summed E-state index contributed by atoms with van der Waals surface area (Å²) in [5.74, 6) is -3.03. The third kappa shape index (κ3) is 5.55. The molecule has 1 aromatic heterocycles. The second-order valence-corrected chi connectivity index (χ2v) is 8.87. The second-order valence-electron chi connectivity index (χ2n) is 6.16. The van der Waals surface area contributed by atoms with Crippen LogP contribution < -0.4 is 10.0 Å². The van der Waals surface area contributed by atoms with Crippen molar-refractivity contribution in [3.8, 4) is 0 Å². The van der Waals surface area contributed by atoms with Crippen molar-refractivity contribution in [2.45, 2.75) is 22.5 Å². The van der Waals surface area contributed by atoms with E-state index in [1.165, 1.54) is 36.5 Å². The zero-order chi connectivity index (χ0) is 21.7. The molecular weight excluding hydrogens is 432 g/mol. The standard InChI is InChI=1S/C20H17F2N3O3S2/c1-13-5-6-15(24-19(26)17-4-2-3-11-23-17)12-18(13)30(27,28)25-14-7-9-16(10-8-14)29-20(21)22/h2-12,20,25H,1H3,(H,24,26). The second kappa shape index (κ2) is 9.23. The number of anilines is 2. The molecule has 0 radical (unpaired) electrons. The predicted octanol–water partition coefficient (Wildman–Crippen LogP) is 4.76. The van der Waals surface area contributed by atoms with Gasteiger partial charge in [0.2, 0.25) is 0 Å². The smallest absolute Gasteiger partial charge is 0.288 e. The van der Waals surface area contributed by atoms with Crippen LogP contribution in [0.1, 0.15) is 16.1 Å².